The summed E-state index contributed by atoms with van der Waals surface area (Å²) in [6, 6.07) is 0. The van der Waals surface area contributed by atoms with Gasteiger partial charge < -0.3 is 0 Å². The van der Waals surface area contributed by atoms with Crippen molar-refractivity contribution in [1.82, 2.24) is 0 Å². The molecule has 0 aromatic carbocycles. The molecule has 0 aromatic rings. The van der Waals surface area contributed by atoms with Gasteiger partial charge >= 0.3 is 0 Å². The molecule has 1 aliphatic rings. The molecule has 0 atom stereocenters. The van der Waals surface area contributed by atoms with E-state index in [0.717, 1.165) is 24.8 Å². The van der Waals surface area contributed by atoms with Crippen molar-refractivity contribution in [1.29, 1.82) is 5.41 Å². The van der Waals surface area contributed by atoms with Crippen molar-refractivity contribution >= 4 is 5.87 Å². The molecule has 0 unspecified atom stereocenters. The van der Waals surface area contributed by atoms with Gasteiger partial charge in [0.05, 0.1) is 0 Å². The molecule has 0 amide bonds. The minimum absolute atomic E-state index is 1.03. The van der Waals surface area contributed by atoms with Crippen LogP contribution in [0.2, 0.25) is 0 Å². The van der Waals surface area contributed by atoms with E-state index in [2.05, 4.69) is 19.4 Å². The quantitative estimate of drug-likeness (QED) is 0.500. The van der Waals surface area contributed by atoms with E-state index >= 15 is 0 Å². The minimum Gasteiger partial charge on any atom is -0.258 e. The highest BCUT2D eigenvalue weighted by atomic mass is 14.3. The second-order valence-corrected chi connectivity index (χ2v) is 3.51. The Labute approximate surface area is 80.4 Å². The Morgan fingerprint density at radius 1 is 1.54 bits per heavy atom. The molecular weight excluding hydrogens is 158 g/mol. The third kappa shape index (κ3) is 2.43. The van der Waals surface area contributed by atoms with Gasteiger partial charge in [0.1, 0.15) is 0 Å². The molecule has 0 saturated carbocycles. The van der Waals surface area contributed by atoms with Crippen molar-refractivity contribution in [3.8, 4) is 0 Å². The molecule has 0 saturated heterocycles. The van der Waals surface area contributed by atoms with E-state index in [1.165, 1.54) is 24.0 Å². The first-order valence-electron chi connectivity index (χ1n) is 4.88. The highest BCUT2D eigenvalue weighted by Crippen LogP contribution is 2.30. The van der Waals surface area contributed by atoms with Crippen molar-refractivity contribution < 1.29 is 0 Å². The second-order valence-electron chi connectivity index (χ2n) is 3.51. The third-order valence-corrected chi connectivity index (χ3v) is 2.69. The average molecular weight is 175 g/mol. The minimum atomic E-state index is 1.03. The summed E-state index contributed by atoms with van der Waals surface area (Å²) < 4.78 is 0. The molecule has 70 valence electrons. The van der Waals surface area contributed by atoms with E-state index in [9.17, 15) is 0 Å². The van der Waals surface area contributed by atoms with Crippen LogP contribution in [0.4, 0.5) is 0 Å². The summed E-state index contributed by atoms with van der Waals surface area (Å²) in [5.74, 6) is 2.54. The molecular formula is C12H17N. The monoisotopic (exact) mass is 175 g/mol. The van der Waals surface area contributed by atoms with Crippen LogP contribution in [-0.4, -0.2) is 5.87 Å². The predicted octanol–water partition coefficient (Wildman–Crippen LogP) is 3.63. The van der Waals surface area contributed by atoms with Crippen LogP contribution in [0.5, 0.6) is 0 Å². The average Bonchev–Trinajstić information content (AvgIpc) is 2.16. The molecule has 1 nitrogen and oxygen atoms in total. The van der Waals surface area contributed by atoms with Crippen LogP contribution < -0.4 is 0 Å². The van der Waals surface area contributed by atoms with Gasteiger partial charge in [-0.2, -0.15) is 0 Å². The fraction of sp³-hybridized carbons (Fsp3) is 0.500. The molecule has 0 heterocycles. The van der Waals surface area contributed by atoms with Gasteiger partial charge in [0, 0.05) is 5.57 Å². The van der Waals surface area contributed by atoms with E-state index in [1.54, 1.807) is 0 Å². The Morgan fingerprint density at radius 2 is 2.31 bits per heavy atom. The second kappa shape index (κ2) is 4.84. The lowest BCUT2D eigenvalue weighted by Crippen LogP contribution is -2.01. The number of hydrogen-bond donors (Lipinski definition) is 1. The van der Waals surface area contributed by atoms with Crippen LogP contribution in [-0.2, 0) is 0 Å². The molecule has 0 radical (unpaired) electrons. The first-order chi connectivity index (χ1) is 6.29. The van der Waals surface area contributed by atoms with Gasteiger partial charge in [-0.15, -0.1) is 6.58 Å². The first-order valence-corrected chi connectivity index (χ1v) is 4.88. The van der Waals surface area contributed by atoms with Gasteiger partial charge in [-0.1, -0.05) is 11.6 Å². The summed E-state index contributed by atoms with van der Waals surface area (Å²) in [6.07, 6.45) is 7.55. The molecule has 0 bridgehead atoms. The highest BCUT2D eigenvalue weighted by molar-refractivity contribution is 5.63. The van der Waals surface area contributed by atoms with E-state index < -0.39 is 0 Å². The molecule has 0 spiro atoms. The molecule has 0 aromatic heterocycles. The summed E-state index contributed by atoms with van der Waals surface area (Å²) in [5, 5.41) is 7.15. The lowest BCUT2D eigenvalue weighted by atomic mass is 9.87. The fourth-order valence-electron chi connectivity index (χ4n) is 1.81. The Morgan fingerprint density at radius 3 is 2.92 bits per heavy atom. The van der Waals surface area contributed by atoms with Gasteiger partial charge in [-0.05, 0) is 50.5 Å². The van der Waals surface area contributed by atoms with E-state index in [4.69, 9.17) is 5.41 Å². The standard InChI is InChI=1S/C12H17N/c1-3-4-6-11-7-5-8-12(9-13)10(11)2/h3,13H,1,4-8H2,2H3. The van der Waals surface area contributed by atoms with Crippen LogP contribution in [0.3, 0.4) is 0 Å². The zero-order valence-electron chi connectivity index (χ0n) is 8.32. The Kier molecular flexibility index (Phi) is 3.72. The number of allylic oxidation sites excluding steroid dienone is 4. The summed E-state index contributed by atoms with van der Waals surface area (Å²) in [7, 11) is 0. The van der Waals surface area contributed by atoms with Crippen molar-refractivity contribution in [2.75, 3.05) is 0 Å². The molecule has 0 fully saturated rings. The summed E-state index contributed by atoms with van der Waals surface area (Å²) in [6.45, 7) is 5.85. The van der Waals surface area contributed by atoms with Crippen molar-refractivity contribution in [2.45, 2.75) is 39.0 Å². The van der Waals surface area contributed by atoms with Crippen LogP contribution in [0.1, 0.15) is 39.0 Å². The number of hydrogen-bond acceptors (Lipinski definition) is 1. The third-order valence-electron chi connectivity index (χ3n) is 2.69. The fourth-order valence-corrected chi connectivity index (χ4v) is 1.81. The largest absolute Gasteiger partial charge is 0.258 e. The maximum atomic E-state index is 7.15. The molecule has 1 heteroatoms. The van der Waals surface area contributed by atoms with E-state index in [-0.39, 0.29) is 0 Å². The van der Waals surface area contributed by atoms with Crippen LogP contribution in [0.25, 0.3) is 0 Å². The lowest BCUT2D eigenvalue weighted by Gasteiger charge is -2.18. The van der Waals surface area contributed by atoms with Crippen molar-refractivity contribution in [3.63, 3.8) is 0 Å². The predicted molar refractivity (Wildman–Crippen MR) is 57.2 cm³/mol. The summed E-state index contributed by atoms with van der Waals surface area (Å²) in [5.41, 5.74) is 3.91. The van der Waals surface area contributed by atoms with Gasteiger partial charge in [0.2, 0.25) is 0 Å². The maximum Gasteiger partial charge on any atom is 0.0157 e. The van der Waals surface area contributed by atoms with E-state index in [1.807, 2.05) is 6.08 Å². The number of nitrogens with one attached hydrogen (secondary N) is 1. The van der Waals surface area contributed by atoms with Crippen molar-refractivity contribution in [3.05, 3.63) is 29.4 Å². The van der Waals surface area contributed by atoms with Gasteiger partial charge in [0.25, 0.3) is 0 Å². The smallest absolute Gasteiger partial charge is 0.0157 e. The lowest BCUT2D eigenvalue weighted by molar-refractivity contribution is 0.728. The first kappa shape index (κ1) is 10.0. The van der Waals surface area contributed by atoms with Crippen LogP contribution >= 0.6 is 0 Å². The molecule has 13 heavy (non-hydrogen) atoms. The Balaban J connectivity index is 2.79. The summed E-state index contributed by atoms with van der Waals surface area (Å²) in [4.78, 5) is 0. The molecule has 1 rings (SSSR count). The maximum absolute atomic E-state index is 7.15. The van der Waals surface area contributed by atoms with Gasteiger partial charge in [-0.25, -0.2) is 0 Å². The van der Waals surface area contributed by atoms with Crippen LogP contribution in [0.15, 0.2) is 29.4 Å². The highest BCUT2D eigenvalue weighted by Gasteiger charge is 2.12. The van der Waals surface area contributed by atoms with E-state index in [0.29, 0.717) is 0 Å². The normalized spacial score (nSPS) is 17.2. The molecule has 1 N–H and O–H groups in total. The summed E-state index contributed by atoms with van der Waals surface area (Å²) >= 11 is 0. The zero-order chi connectivity index (χ0) is 9.68. The van der Waals surface area contributed by atoms with Crippen LogP contribution in [0, 0.1) is 5.41 Å². The SMILES string of the molecule is C=CCCC1=C(C)C(=C=N)CCC1. The topological polar surface area (TPSA) is 23.9 Å². The van der Waals surface area contributed by atoms with Gasteiger partial charge in [-0.3, -0.25) is 5.41 Å². The Bertz CT molecular complexity index is 277. The zero-order valence-corrected chi connectivity index (χ0v) is 8.32. The number of rotatable bonds is 3. The molecule has 0 aliphatic heterocycles. The molecule has 1 aliphatic carbocycles. The van der Waals surface area contributed by atoms with Crippen molar-refractivity contribution in [2.24, 2.45) is 0 Å². The van der Waals surface area contributed by atoms with Gasteiger partial charge in [0.15, 0.2) is 0 Å². The Hall–Kier alpha value is -1.07.